The summed E-state index contributed by atoms with van der Waals surface area (Å²) in [7, 11) is 0. The predicted octanol–water partition coefficient (Wildman–Crippen LogP) is 5.43. The van der Waals surface area contributed by atoms with Gasteiger partial charge in [-0.15, -0.1) is 0 Å². The second-order valence-corrected chi connectivity index (χ2v) is 8.14. The van der Waals surface area contributed by atoms with Crippen LogP contribution in [0.3, 0.4) is 0 Å². The number of aliphatic carboxylic acids is 1. The smallest absolute Gasteiger partial charge is 0.307 e. The molecule has 2 aromatic rings. The second kappa shape index (κ2) is 12.2. The quantitative estimate of drug-likeness (QED) is 0.428. The van der Waals surface area contributed by atoms with Crippen LogP contribution in [0.2, 0.25) is 0 Å². The summed E-state index contributed by atoms with van der Waals surface area (Å²) in [5, 5.41) is 9.09. The molecule has 33 heavy (non-hydrogen) atoms. The standard InChI is InChI=1S/C25H30FNO5.CH4/c1-25(14-17-31-21-12-6-4-10-19(21)18-23(28)29)24(30)27(16-9-3-2-8-15-26)20-11-5-7-13-22(20)32-25;/h4-7,10-13H,2-3,8-9,14-18H2,1H3,(H,28,29);1H4/t25-;/m0./s1. The van der Waals surface area contributed by atoms with Gasteiger partial charge in [-0.2, -0.15) is 0 Å². The van der Waals surface area contributed by atoms with Crippen molar-refractivity contribution in [1.29, 1.82) is 0 Å². The number of anilines is 1. The van der Waals surface area contributed by atoms with E-state index in [1.54, 1.807) is 36.1 Å². The summed E-state index contributed by atoms with van der Waals surface area (Å²) in [5.74, 6) is 0.0678. The minimum absolute atomic E-state index is 0. The van der Waals surface area contributed by atoms with Crippen molar-refractivity contribution in [3.8, 4) is 11.5 Å². The summed E-state index contributed by atoms with van der Waals surface area (Å²) >= 11 is 0. The molecule has 6 nitrogen and oxygen atoms in total. The molecule has 1 aliphatic rings. The van der Waals surface area contributed by atoms with Crippen LogP contribution in [-0.4, -0.2) is 42.4 Å². The maximum absolute atomic E-state index is 13.4. The van der Waals surface area contributed by atoms with E-state index in [0.717, 1.165) is 24.9 Å². The Morgan fingerprint density at radius 3 is 2.55 bits per heavy atom. The molecule has 0 aliphatic carbocycles. The SMILES string of the molecule is C.C[C@@]1(CCOc2ccccc2CC(=O)O)Oc2ccccc2N(CCCCCCF)C1=O. The number of unbranched alkanes of at least 4 members (excludes halogenated alkanes) is 3. The summed E-state index contributed by atoms with van der Waals surface area (Å²) in [5.41, 5.74) is 0.226. The van der Waals surface area contributed by atoms with Gasteiger partial charge >= 0.3 is 5.97 Å². The van der Waals surface area contributed by atoms with Crippen molar-refractivity contribution in [3.05, 3.63) is 54.1 Å². The monoisotopic (exact) mass is 459 g/mol. The topological polar surface area (TPSA) is 76.1 Å². The van der Waals surface area contributed by atoms with E-state index in [0.29, 0.717) is 36.4 Å². The van der Waals surface area contributed by atoms with E-state index in [-0.39, 0.29) is 33.0 Å². The lowest BCUT2D eigenvalue weighted by Crippen LogP contribution is -2.55. The fourth-order valence-electron chi connectivity index (χ4n) is 3.85. The van der Waals surface area contributed by atoms with Gasteiger partial charge in [0.05, 0.1) is 25.4 Å². The minimum Gasteiger partial charge on any atom is -0.493 e. The molecule has 3 rings (SSSR count). The molecule has 0 fully saturated rings. The molecule has 1 heterocycles. The molecule has 0 spiro atoms. The van der Waals surface area contributed by atoms with Crippen molar-refractivity contribution in [2.75, 3.05) is 24.7 Å². The Morgan fingerprint density at radius 1 is 1.09 bits per heavy atom. The third-order valence-corrected chi connectivity index (χ3v) is 5.61. The number of carboxylic acid groups (broad SMARTS) is 1. The van der Waals surface area contributed by atoms with Crippen molar-refractivity contribution in [3.63, 3.8) is 0 Å². The lowest BCUT2D eigenvalue weighted by Gasteiger charge is -2.40. The second-order valence-electron chi connectivity index (χ2n) is 8.14. The summed E-state index contributed by atoms with van der Waals surface area (Å²) in [6.07, 6.45) is 3.17. The summed E-state index contributed by atoms with van der Waals surface area (Å²) < 4.78 is 24.3. The first kappa shape index (κ1) is 26.2. The van der Waals surface area contributed by atoms with E-state index in [1.807, 2.05) is 24.3 Å². The Bertz CT molecular complexity index is 934. The molecule has 0 radical (unpaired) electrons. The number of nitrogens with zero attached hydrogens (tertiary/aromatic N) is 1. The highest BCUT2D eigenvalue weighted by Gasteiger charge is 2.44. The highest BCUT2D eigenvalue weighted by molar-refractivity contribution is 6.02. The molecule has 1 aliphatic heterocycles. The molecule has 0 bridgehead atoms. The summed E-state index contributed by atoms with van der Waals surface area (Å²) in [4.78, 5) is 26.2. The normalized spacial score (nSPS) is 17.0. The zero-order valence-corrected chi connectivity index (χ0v) is 18.4. The van der Waals surface area contributed by atoms with Crippen LogP contribution in [-0.2, 0) is 16.0 Å². The van der Waals surface area contributed by atoms with Crippen molar-refractivity contribution in [2.45, 2.75) is 58.5 Å². The highest BCUT2D eigenvalue weighted by atomic mass is 19.1. The minimum atomic E-state index is -1.10. The Morgan fingerprint density at radius 2 is 1.79 bits per heavy atom. The number of alkyl halides is 1. The van der Waals surface area contributed by atoms with Crippen LogP contribution in [0, 0.1) is 0 Å². The first-order chi connectivity index (χ1) is 15.4. The van der Waals surface area contributed by atoms with Crippen LogP contribution in [0.15, 0.2) is 48.5 Å². The number of hydrogen-bond donors (Lipinski definition) is 1. The van der Waals surface area contributed by atoms with Gasteiger partial charge < -0.3 is 19.5 Å². The van der Waals surface area contributed by atoms with Crippen LogP contribution in [0.5, 0.6) is 11.5 Å². The van der Waals surface area contributed by atoms with Gasteiger partial charge in [-0.3, -0.25) is 14.0 Å². The van der Waals surface area contributed by atoms with Crippen LogP contribution < -0.4 is 14.4 Å². The Balaban J connectivity index is 0.00000385. The van der Waals surface area contributed by atoms with E-state index in [9.17, 15) is 14.0 Å². The van der Waals surface area contributed by atoms with Gasteiger partial charge in [0.15, 0.2) is 5.60 Å². The number of carbonyl (C=O) groups excluding carboxylic acids is 1. The van der Waals surface area contributed by atoms with Gasteiger partial charge in [-0.25, -0.2) is 0 Å². The zero-order chi connectivity index (χ0) is 23.0. The molecular formula is C26H34FNO5. The lowest BCUT2D eigenvalue weighted by molar-refractivity contribution is -0.136. The maximum Gasteiger partial charge on any atom is 0.307 e. The number of hydrogen-bond acceptors (Lipinski definition) is 4. The van der Waals surface area contributed by atoms with E-state index in [4.69, 9.17) is 14.6 Å². The van der Waals surface area contributed by atoms with E-state index in [1.165, 1.54) is 0 Å². The van der Waals surface area contributed by atoms with E-state index in [2.05, 4.69) is 0 Å². The number of rotatable bonds is 12. The number of carbonyl (C=O) groups is 2. The molecule has 0 unspecified atom stereocenters. The fraction of sp³-hybridized carbons (Fsp3) is 0.462. The van der Waals surface area contributed by atoms with Gasteiger partial charge in [0.25, 0.3) is 5.91 Å². The maximum atomic E-state index is 13.4. The third-order valence-electron chi connectivity index (χ3n) is 5.61. The molecule has 1 atom stereocenters. The van der Waals surface area contributed by atoms with Crippen LogP contribution in [0.25, 0.3) is 0 Å². The third kappa shape index (κ3) is 6.70. The van der Waals surface area contributed by atoms with Gasteiger partial charge in [-0.1, -0.05) is 50.6 Å². The molecule has 2 aromatic carbocycles. The van der Waals surface area contributed by atoms with Gasteiger partial charge in [0.1, 0.15) is 11.5 Å². The van der Waals surface area contributed by atoms with Crippen molar-refractivity contribution in [2.24, 2.45) is 0 Å². The van der Waals surface area contributed by atoms with Gasteiger partial charge in [0, 0.05) is 18.5 Å². The molecule has 0 saturated heterocycles. The molecule has 0 saturated carbocycles. The number of carboxylic acids is 1. The molecule has 7 heteroatoms. The number of ether oxygens (including phenoxy) is 2. The first-order valence-corrected chi connectivity index (χ1v) is 11.0. The van der Waals surface area contributed by atoms with Crippen molar-refractivity contribution >= 4 is 17.6 Å². The Hall–Kier alpha value is -3.09. The molecule has 1 N–H and O–H groups in total. The van der Waals surface area contributed by atoms with Crippen molar-refractivity contribution in [1.82, 2.24) is 0 Å². The average Bonchev–Trinajstić information content (AvgIpc) is 2.77. The molecule has 180 valence electrons. The largest absolute Gasteiger partial charge is 0.493 e. The van der Waals surface area contributed by atoms with E-state index >= 15 is 0 Å². The molecule has 1 amide bonds. The lowest BCUT2D eigenvalue weighted by atomic mass is 9.97. The van der Waals surface area contributed by atoms with Crippen LogP contribution >= 0.6 is 0 Å². The van der Waals surface area contributed by atoms with Crippen LogP contribution in [0.1, 0.15) is 52.0 Å². The van der Waals surface area contributed by atoms with Gasteiger partial charge in [0.2, 0.25) is 0 Å². The number of para-hydroxylation sites is 3. The zero-order valence-electron chi connectivity index (χ0n) is 18.4. The highest BCUT2D eigenvalue weighted by Crippen LogP contribution is 2.39. The fourth-order valence-corrected chi connectivity index (χ4v) is 3.85. The number of amides is 1. The number of benzene rings is 2. The summed E-state index contributed by atoms with van der Waals surface area (Å²) in [6.45, 7) is 2.19. The Kier molecular flexibility index (Phi) is 9.70. The summed E-state index contributed by atoms with van der Waals surface area (Å²) in [6, 6.07) is 14.4. The average molecular weight is 460 g/mol. The van der Waals surface area contributed by atoms with Gasteiger partial charge in [-0.05, 0) is 38.0 Å². The van der Waals surface area contributed by atoms with Crippen molar-refractivity contribution < 1.29 is 28.6 Å². The Labute approximate surface area is 195 Å². The van der Waals surface area contributed by atoms with E-state index < -0.39 is 11.6 Å². The predicted molar refractivity (Wildman–Crippen MR) is 127 cm³/mol. The number of fused-ring (bicyclic) bond motifs is 1. The molecule has 0 aromatic heterocycles. The first-order valence-electron chi connectivity index (χ1n) is 11.0. The van der Waals surface area contributed by atoms with Crippen LogP contribution in [0.4, 0.5) is 10.1 Å². The number of halogens is 1. The molecular weight excluding hydrogens is 425 g/mol.